The van der Waals surface area contributed by atoms with Gasteiger partial charge in [0.15, 0.2) is 0 Å². The number of piperidine rings is 1. The summed E-state index contributed by atoms with van der Waals surface area (Å²) in [6, 6.07) is 1.55. The van der Waals surface area contributed by atoms with E-state index in [4.69, 9.17) is 0 Å². The van der Waals surface area contributed by atoms with Gasteiger partial charge in [-0.3, -0.25) is 4.90 Å². The minimum absolute atomic E-state index is 0.713. The highest BCUT2D eigenvalue weighted by molar-refractivity contribution is 5.30. The number of hydrogen-bond acceptors (Lipinski definition) is 3. The van der Waals surface area contributed by atoms with Gasteiger partial charge in [0.25, 0.3) is 0 Å². The van der Waals surface area contributed by atoms with Crippen molar-refractivity contribution in [1.82, 2.24) is 14.7 Å². The van der Waals surface area contributed by atoms with Crippen LogP contribution in [0.5, 0.6) is 0 Å². The first-order chi connectivity index (χ1) is 8.16. The zero-order valence-corrected chi connectivity index (χ0v) is 11.4. The van der Waals surface area contributed by atoms with Gasteiger partial charge in [0.1, 0.15) is 0 Å². The summed E-state index contributed by atoms with van der Waals surface area (Å²) in [6.07, 6.45) is 2.72. The number of nitrogens with zero attached hydrogens (tertiary/aromatic N) is 3. The molecule has 0 spiro atoms. The van der Waals surface area contributed by atoms with Crippen molar-refractivity contribution in [1.29, 1.82) is 0 Å². The number of likely N-dealkylation sites (tertiary alicyclic amines) is 1. The Bertz CT molecular complexity index is 328. The lowest BCUT2D eigenvalue weighted by atomic mass is 9.92. The van der Waals surface area contributed by atoms with E-state index in [-0.39, 0.29) is 0 Å². The molecule has 3 aliphatic rings. The molecule has 96 valence electrons. The summed E-state index contributed by atoms with van der Waals surface area (Å²) >= 11 is 0. The number of fused-ring (bicyclic) bond motifs is 1. The van der Waals surface area contributed by atoms with Crippen molar-refractivity contribution in [3.63, 3.8) is 0 Å². The van der Waals surface area contributed by atoms with Crippen molar-refractivity contribution in [2.24, 2.45) is 0 Å². The minimum Gasteiger partial charge on any atom is -0.366 e. The van der Waals surface area contributed by atoms with Gasteiger partial charge in [-0.2, -0.15) is 0 Å². The average molecular weight is 235 g/mol. The molecule has 3 rings (SSSR count). The number of hydrogen-bond donors (Lipinski definition) is 0. The Morgan fingerprint density at radius 3 is 2.47 bits per heavy atom. The lowest BCUT2D eigenvalue weighted by Gasteiger charge is -2.52. The van der Waals surface area contributed by atoms with Crippen molar-refractivity contribution in [2.45, 2.75) is 38.8 Å². The van der Waals surface area contributed by atoms with Gasteiger partial charge in [-0.1, -0.05) is 0 Å². The molecule has 3 heteroatoms. The van der Waals surface area contributed by atoms with Crippen LogP contribution in [-0.2, 0) is 0 Å². The third-order valence-electron chi connectivity index (χ3n) is 5.08. The van der Waals surface area contributed by atoms with E-state index >= 15 is 0 Å². The Kier molecular flexibility index (Phi) is 2.91. The van der Waals surface area contributed by atoms with Gasteiger partial charge in [-0.05, 0) is 52.4 Å². The van der Waals surface area contributed by atoms with Gasteiger partial charge in [-0.15, -0.1) is 0 Å². The fourth-order valence-electron chi connectivity index (χ4n) is 3.59. The van der Waals surface area contributed by atoms with Gasteiger partial charge in [0.05, 0.1) is 0 Å². The highest BCUT2D eigenvalue weighted by Crippen LogP contribution is 2.34. The molecule has 1 atom stereocenters. The normalized spacial score (nSPS) is 32.6. The molecule has 1 unspecified atom stereocenters. The summed E-state index contributed by atoms with van der Waals surface area (Å²) in [6.45, 7) is 10.9. The van der Waals surface area contributed by atoms with Crippen LogP contribution in [0.3, 0.4) is 0 Å². The molecule has 17 heavy (non-hydrogen) atoms. The summed E-state index contributed by atoms with van der Waals surface area (Å²) in [5.41, 5.74) is 3.25. The van der Waals surface area contributed by atoms with Crippen molar-refractivity contribution in [3.05, 3.63) is 11.3 Å². The van der Waals surface area contributed by atoms with Crippen LogP contribution in [-0.4, -0.2) is 66.6 Å². The Balaban J connectivity index is 1.63. The molecule has 0 N–H and O–H groups in total. The Hall–Kier alpha value is -0.540. The van der Waals surface area contributed by atoms with E-state index < -0.39 is 0 Å². The first-order valence-electron chi connectivity index (χ1n) is 7.05. The molecule has 0 radical (unpaired) electrons. The molecule has 0 bridgehead atoms. The predicted octanol–water partition coefficient (Wildman–Crippen LogP) is 1.37. The maximum absolute atomic E-state index is 2.73. The standard InChI is InChI=1S/C14H25N3/c1-11-12(2)17-9-8-16(10-14(11)17)13-4-6-15(3)7-5-13/h12-13H,4-10H2,1-3H3. The minimum atomic E-state index is 0.713. The molecule has 0 aromatic carbocycles. The van der Waals surface area contributed by atoms with Crippen LogP contribution in [0.25, 0.3) is 0 Å². The van der Waals surface area contributed by atoms with E-state index in [1.54, 1.807) is 11.3 Å². The van der Waals surface area contributed by atoms with Gasteiger partial charge in [0.2, 0.25) is 0 Å². The number of piperazine rings is 1. The van der Waals surface area contributed by atoms with Crippen LogP contribution >= 0.6 is 0 Å². The molecule has 0 aromatic heterocycles. The van der Waals surface area contributed by atoms with Gasteiger partial charge >= 0.3 is 0 Å². The van der Waals surface area contributed by atoms with Crippen LogP contribution in [0.15, 0.2) is 11.3 Å². The first-order valence-corrected chi connectivity index (χ1v) is 7.05. The predicted molar refractivity (Wildman–Crippen MR) is 71.0 cm³/mol. The van der Waals surface area contributed by atoms with Crippen LogP contribution in [0.2, 0.25) is 0 Å². The van der Waals surface area contributed by atoms with Gasteiger partial charge in [-0.25, -0.2) is 0 Å². The topological polar surface area (TPSA) is 9.72 Å². The SMILES string of the molecule is CC1=C2CN(C3CCN(C)CC3)CCN2C1C. The van der Waals surface area contributed by atoms with E-state index in [2.05, 4.69) is 35.6 Å². The molecule has 3 heterocycles. The third-order valence-corrected chi connectivity index (χ3v) is 5.08. The fourth-order valence-corrected chi connectivity index (χ4v) is 3.59. The van der Waals surface area contributed by atoms with Crippen LogP contribution < -0.4 is 0 Å². The molecule has 0 amide bonds. The lowest BCUT2D eigenvalue weighted by molar-refractivity contribution is 0.0645. The zero-order valence-electron chi connectivity index (χ0n) is 11.4. The summed E-state index contributed by atoms with van der Waals surface area (Å²) in [5, 5.41) is 0. The molecule has 2 fully saturated rings. The van der Waals surface area contributed by atoms with E-state index in [1.165, 1.54) is 45.6 Å². The van der Waals surface area contributed by atoms with Crippen LogP contribution in [0.4, 0.5) is 0 Å². The summed E-state index contributed by atoms with van der Waals surface area (Å²) in [4.78, 5) is 7.79. The second-order valence-corrected chi connectivity index (χ2v) is 6.00. The first kappa shape index (κ1) is 11.5. The number of rotatable bonds is 1. The maximum atomic E-state index is 2.73. The monoisotopic (exact) mass is 235 g/mol. The molecular weight excluding hydrogens is 210 g/mol. The van der Waals surface area contributed by atoms with Crippen LogP contribution in [0, 0.1) is 0 Å². The quantitative estimate of drug-likeness (QED) is 0.680. The highest BCUT2D eigenvalue weighted by Gasteiger charge is 2.37. The van der Waals surface area contributed by atoms with Crippen LogP contribution in [0.1, 0.15) is 26.7 Å². The third kappa shape index (κ3) is 1.89. The summed E-state index contributed by atoms with van der Waals surface area (Å²) < 4.78 is 0. The fraction of sp³-hybridized carbons (Fsp3) is 0.857. The molecular formula is C14H25N3. The Morgan fingerprint density at radius 1 is 1.06 bits per heavy atom. The molecule has 3 aliphatic heterocycles. The smallest absolute Gasteiger partial charge is 0.0489 e. The molecule has 0 aromatic rings. The Labute approximate surface area is 105 Å². The van der Waals surface area contributed by atoms with Gasteiger partial charge < -0.3 is 9.80 Å². The van der Waals surface area contributed by atoms with E-state index in [0.717, 1.165) is 6.04 Å². The molecule has 0 saturated carbocycles. The van der Waals surface area contributed by atoms with Crippen molar-refractivity contribution in [3.8, 4) is 0 Å². The van der Waals surface area contributed by atoms with Crippen molar-refractivity contribution in [2.75, 3.05) is 39.8 Å². The van der Waals surface area contributed by atoms with Crippen molar-refractivity contribution < 1.29 is 0 Å². The molecule has 0 aliphatic carbocycles. The summed E-state index contributed by atoms with van der Waals surface area (Å²) in [5.74, 6) is 0. The maximum Gasteiger partial charge on any atom is 0.0489 e. The lowest BCUT2D eigenvalue weighted by Crippen LogP contribution is -2.58. The highest BCUT2D eigenvalue weighted by atomic mass is 15.3. The molecule has 3 nitrogen and oxygen atoms in total. The average Bonchev–Trinajstić information content (AvgIpc) is 2.38. The van der Waals surface area contributed by atoms with E-state index in [0.29, 0.717) is 6.04 Å². The summed E-state index contributed by atoms with van der Waals surface area (Å²) in [7, 11) is 2.24. The van der Waals surface area contributed by atoms with Crippen molar-refractivity contribution >= 4 is 0 Å². The zero-order chi connectivity index (χ0) is 12.0. The van der Waals surface area contributed by atoms with E-state index in [1.807, 2.05) is 0 Å². The molecule has 2 saturated heterocycles. The second-order valence-electron chi connectivity index (χ2n) is 6.00. The van der Waals surface area contributed by atoms with E-state index in [9.17, 15) is 0 Å². The second kappa shape index (κ2) is 4.29. The largest absolute Gasteiger partial charge is 0.366 e. The van der Waals surface area contributed by atoms with Gasteiger partial charge in [0, 0.05) is 37.4 Å². The Morgan fingerprint density at radius 2 is 1.76 bits per heavy atom.